The summed E-state index contributed by atoms with van der Waals surface area (Å²) in [5.74, 6) is 0. The van der Waals surface area contributed by atoms with Crippen LogP contribution in [0, 0.1) is 10.5 Å². The van der Waals surface area contributed by atoms with Gasteiger partial charge in [0.05, 0.1) is 0 Å². The van der Waals surface area contributed by atoms with Gasteiger partial charge < -0.3 is 0 Å². The zero-order valence-corrected chi connectivity index (χ0v) is 14.5. The SMILES string of the molecule is Cc1cc(-c2ccc3c(I)cccc3c2)cc2ccccc12. The van der Waals surface area contributed by atoms with Crippen LogP contribution in [-0.2, 0) is 0 Å². The minimum absolute atomic E-state index is 1.28. The molecule has 4 aromatic rings. The lowest BCUT2D eigenvalue weighted by molar-refractivity contribution is 1.52. The number of hydrogen-bond acceptors (Lipinski definition) is 0. The van der Waals surface area contributed by atoms with Gasteiger partial charge in [0.15, 0.2) is 0 Å². The van der Waals surface area contributed by atoms with Crippen molar-refractivity contribution >= 4 is 44.1 Å². The summed E-state index contributed by atoms with van der Waals surface area (Å²) in [6.07, 6.45) is 0. The van der Waals surface area contributed by atoms with Crippen molar-refractivity contribution in [3.05, 3.63) is 81.9 Å². The standard InChI is InChI=1S/C21H15I/c1-14-11-18(13-16-5-2-3-7-19(14)16)15-9-10-20-17(12-15)6-4-8-21(20)22/h2-13H,1H3. The summed E-state index contributed by atoms with van der Waals surface area (Å²) in [5, 5.41) is 5.27. The Bertz CT molecular complexity index is 999. The summed E-state index contributed by atoms with van der Waals surface area (Å²) < 4.78 is 1.30. The first kappa shape index (κ1) is 13.8. The van der Waals surface area contributed by atoms with Crippen LogP contribution in [0.15, 0.2) is 72.8 Å². The third kappa shape index (κ3) is 2.30. The Morgan fingerprint density at radius 1 is 0.636 bits per heavy atom. The van der Waals surface area contributed by atoms with Crippen molar-refractivity contribution in [1.29, 1.82) is 0 Å². The molecule has 4 rings (SSSR count). The first-order chi connectivity index (χ1) is 10.7. The largest absolute Gasteiger partial charge is 0.0616 e. The van der Waals surface area contributed by atoms with Gasteiger partial charge in [0.2, 0.25) is 0 Å². The molecule has 0 aromatic heterocycles. The Kier molecular flexibility index (Phi) is 3.38. The van der Waals surface area contributed by atoms with E-state index in [-0.39, 0.29) is 0 Å². The second-order valence-electron chi connectivity index (χ2n) is 5.69. The fourth-order valence-electron chi connectivity index (χ4n) is 3.09. The molecule has 0 N–H and O–H groups in total. The molecule has 0 nitrogen and oxygen atoms in total. The monoisotopic (exact) mass is 394 g/mol. The van der Waals surface area contributed by atoms with Gasteiger partial charge in [0.25, 0.3) is 0 Å². The Morgan fingerprint density at radius 2 is 1.36 bits per heavy atom. The maximum absolute atomic E-state index is 2.40. The maximum atomic E-state index is 2.40. The Labute approximate surface area is 143 Å². The van der Waals surface area contributed by atoms with Crippen LogP contribution in [-0.4, -0.2) is 0 Å². The highest BCUT2D eigenvalue weighted by atomic mass is 127. The van der Waals surface area contributed by atoms with E-state index >= 15 is 0 Å². The van der Waals surface area contributed by atoms with Gasteiger partial charge in [-0.1, -0.05) is 54.6 Å². The highest BCUT2D eigenvalue weighted by molar-refractivity contribution is 14.1. The minimum Gasteiger partial charge on any atom is -0.0616 e. The van der Waals surface area contributed by atoms with Crippen molar-refractivity contribution in [2.45, 2.75) is 6.92 Å². The lowest BCUT2D eigenvalue weighted by atomic mass is 9.96. The molecule has 0 saturated carbocycles. The van der Waals surface area contributed by atoms with E-state index in [1.54, 1.807) is 0 Å². The average Bonchev–Trinajstić information content (AvgIpc) is 2.55. The summed E-state index contributed by atoms with van der Waals surface area (Å²) in [4.78, 5) is 0. The van der Waals surface area contributed by atoms with E-state index in [1.165, 1.54) is 41.8 Å². The van der Waals surface area contributed by atoms with E-state index in [0.717, 1.165) is 0 Å². The molecule has 0 bridgehead atoms. The van der Waals surface area contributed by atoms with Crippen LogP contribution in [0.4, 0.5) is 0 Å². The van der Waals surface area contributed by atoms with Gasteiger partial charge in [0, 0.05) is 3.57 Å². The van der Waals surface area contributed by atoms with E-state index in [2.05, 4.69) is 102 Å². The van der Waals surface area contributed by atoms with E-state index in [4.69, 9.17) is 0 Å². The summed E-state index contributed by atoms with van der Waals surface area (Å²) in [6.45, 7) is 2.19. The fraction of sp³-hybridized carbons (Fsp3) is 0.0476. The first-order valence-corrected chi connectivity index (χ1v) is 8.48. The van der Waals surface area contributed by atoms with Gasteiger partial charge in [-0.2, -0.15) is 0 Å². The van der Waals surface area contributed by atoms with Crippen LogP contribution in [0.25, 0.3) is 32.7 Å². The summed E-state index contributed by atoms with van der Waals surface area (Å²) in [6, 6.07) is 26.4. The van der Waals surface area contributed by atoms with Crippen LogP contribution in [0.1, 0.15) is 5.56 Å². The van der Waals surface area contributed by atoms with Crippen LogP contribution in [0.2, 0.25) is 0 Å². The molecular weight excluding hydrogens is 379 g/mol. The number of halogens is 1. The zero-order valence-electron chi connectivity index (χ0n) is 12.3. The molecule has 0 fully saturated rings. The quantitative estimate of drug-likeness (QED) is 0.320. The van der Waals surface area contributed by atoms with E-state index in [0.29, 0.717) is 0 Å². The summed E-state index contributed by atoms with van der Waals surface area (Å²) in [7, 11) is 0. The van der Waals surface area contributed by atoms with Crippen molar-refractivity contribution in [2.24, 2.45) is 0 Å². The molecule has 106 valence electrons. The van der Waals surface area contributed by atoms with Crippen molar-refractivity contribution in [1.82, 2.24) is 0 Å². The molecule has 0 atom stereocenters. The van der Waals surface area contributed by atoms with Gasteiger partial charge in [0.1, 0.15) is 0 Å². The van der Waals surface area contributed by atoms with Crippen molar-refractivity contribution in [3.63, 3.8) is 0 Å². The van der Waals surface area contributed by atoms with Crippen molar-refractivity contribution < 1.29 is 0 Å². The van der Waals surface area contributed by atoms with E-state index in [9.17, 15) is 0 Å². The lowest BCUT2D eigenvalue weighted by Gasteiger charge is -2.09. The van der Waals surface area contributed by atoms with Crippen molar-refractivity contribution in [2.75, 3.05) is 0 Å². The Balaban J connectivity index is 1.95. The lowest BCUT2D eigenvalue weighted by Crippen LogP contribution is -1.84. The summed E-state index contributed by atoms with van der Waals surface area (Å²) >= 11 is 2.40. The number of aryl methyl sites for hydroxylation is 1. The van der Waals surface area contributed by atoms with Crippen molar-refractivity contribution in [3.8, 4) is 11.1 Å². The zero-order chi connectivity index (χ0) is 15.1. The first-order valence-electron chi connectivity index (χ1n) is 7.40. The second-order valence-corrected chi connectivity index (χ2v) is 6.85. The molecule has 0 aliphatic carbocycles. The average molecular weight is 394 g/mol. The normalized spacial score (nSPS) is 11.2. The van der Waals surface area contributed by atoms with E-state index in [1.807, 2.05) is 0 Å². The van der Waals surface area contributed by atoms with Crippen LogP contribution in [0.5, 0.6) is 0 Å². The van der Waals surface area contributed by atoms with E-state index < -0.39 is 0 Å². The number of rotatable bonds is 1. The predicted octanol–water partition coefficient (Wildman–Crippen LogP) is 6.57. The molecule has 22 heavy (non-hydrogen) atoms. The molecule has 0 aliphatic heterocycles. The molecule has 1 heteroatoms. The smallest absolute Gasteiger partial charge is 0.0208 e. The van der Waals surface area contributed by atoms with Crippen LogP contribution >= 0.6 is 22.6 Å². The van der Waals surface area contributed by atoms with Gasteiger partial charge in [-0.15, -0.1) is 0 Å². The molecule has 0 heterocycles. The summed E-state index contributed by atoms with van der Waals surface area (Å²) in [5.41, 5.74) is 3.90. The van der Waals surface area contributed by atoms with Gasteiger partial charge in [-0.25, -0.2) is 0 Å². The molecule has 0 amide bonds. The van der Waals surface area contributed by atoms with Gasteiger partial charge in [-0.05, 0) is 85.9 Å². The fourth-order valence-corrected chi connectivity index (χ4v) is 3.79. The van der Waals surface area contributed by atoms with Gasteiger partial charge >= 0.3 is 0 Å². The molecule has 4 aromatic carbocycles. The van der Waals surface area contributed by atoms with Crippen LogP contribution < -0.4 is 0 Å². The highest BCUT2D eigenvalue weighted by Gasteiger charge is 2.05. The maximum Gasteiger partial charge on any atom is 0.0208 e. The third-order valence-electron chi connectivity index (χ3n) is 4.23. The molecule has 0 aliphatic rings. The number of hydrogen-bond donors (Lipinski definition) is 0. The minimum atomic E-state index is 1.28. The third-order valence-corrected chi connectivity index (χ3v) is 5.17. The Hall–Kier alpha value is -1.87. The number of benzene rings is 4. The molecule has 0 saturated heterocycles. The van der Waals surface area contributed by atoms with Crippen LogP contribution in [0.3, 0.4) is 0 Å². The molecule has 0 spiro atoms. The number of fused-ring (bicyclic) bond motifs is 2. The molecular formula is C21H15I. The molecule has 0 radical (unpaired) electrons. The van der Waals surface area contributed by atoms with Gasteiger partial charge in [-0.3, -0.25) is 0 Å². The topological polar surface area (TPSA) is 0 Å². The Morgan fingerprint density at radius 3 is 2.27 bits per heavy atom. The highest BCUT2D eigenvalue weighted by Crippen LogP contribution is 2.30. The predicted molar refractivity (Wildman–Crippen MR) is 104 cm³/mol. The molecule has 0 unspecified atom stereocenters. The second kappa shape index (κ2) is 5.40.